The third-order valence-electron chi connectivity index (χ3n) is 1.83. The van der Waals surface area contributed by atoms with Gasteiger partial charge in [0, 0.05) is 19.3 Å². The molecule has 0 saturated heterocycles. The van der Waals surface area contributed by atoms with Gasteiger partial charge in [-0.2, -0.15) is 0 Å². The lowest BCUT2D eigenvalue weighted by Gasteiger charge is -2.18. The molecule has 3 nitrogen and oxygen atoms in total. The molecule has 0 unspecified atom stereocenters. The number of rotatable bonds is 3. The normalized spacial score (nSPS) is 8.93. The van der Waals surface area contributed by atoms with Crippen LogP contribution in [-0.4, -0.2) is 23.1 Å². The maximum absolute atomic E-state index is 4.38. The quantitative estimate of drug-likeness (QED) is 0.742. The highest BCUT2D eigenvalue weighted by Gasteiger charge is 2.02. The Morgan fingerprint density at radius 3 is 2.14 bits per heavy atom. The molecule has 1 aromatic rings. The number of aryl methyl sites for hydroxylation is 1. The summed E-state index contributed by atoms with van der Waals surface area (Å²) in [5.41, 5.74) is 0.972. The lowest BCUT2D eigenvalue weighted by molar-refractivity contribution is 0.835. The van der Waals surface area contributed by atoms with E-state index in [4.69, 9.17) is 0 Å². The summed E-state index contributed by atoms with van der Waals surface area (Å²) in [6, 6.07) is 0. The molecule has 0 aliphatic heterocycles. The number of hydrogen-bond acceptors (Lipinski definition) is 3. The lowest BCUT2D eigenvalue weighted by Crippen LogP contribution is -2.23. The third kappa shape index (κ3) is 3.73. The fourth-order valence-electron chi connectivity index (χ4n) is 1.15. The Kier molecular flexibility index (Phi) is 6.72. The molecule has 0 amide bonds. The average molecular weight is 195 g/mol. The van der Waals surface area contributed by atoms with E-state index < -0.39 is 0 Å². The number of hydrogen-bond donors (Lipinski definition) is 0. The summed E-state index contributed by atoms with van der Waals surface area (Å²) in [6.45, 7) is 12.2. The summed E-state index contributed by atoms with van der Waals surface area (Å²) in [6.07, 6.45) is 3.58. The van der Waals surface area contributed by atoms with Crippen molar-refractivity contribution in [3.05, 3.63) is 18.1 Å². The maximum Gasteiger partial charge on any atom is 0.147 e. The van der Waals surface area contributed by atoms with Gasteiger partial charge in [-0.25, -0.2) is 4.98 Å². The van der Waals surface area contributed by atoms with E-state index >= 15 is 0 Å². The van der Waals surface area contributed by atoms with Gasteiger partial charge < -0.3 is 4.90 Å². The van der Waals surface area contributed by atoms with Gasteiger partial charge in [0.1, 0.15) is 5.82 Å². The van der Waals surface area contributed by atoms with Crippen LogP contribution in [0.1, 0.15) is 33.4 Å². The zero-order valence-electron chi connectivity index (χ0n) is 9.91. The molecule has 80 valence electrons. The van der Waals surface area contributed by atoms with Crippen LogP contribution in [0.2, 0.25) is 0 Å². The van der Waals surface area contributed by atoms with Gasteiger partial charge in [0.25, 0.3) is 0 Å². The van der Waals surface area contributed by atoms with E-state index in [0.29, 0.717) is 0 Å². The van der Waals surface area contributed by atoms with E-state index in [2.05, 4.69) is 28.7 Å². The van der Waals surface area contributed by atoms with Crippen molar-refractivity contribution in [3.8, 4) is 0 Å². The maximum atomic E-state index is 4.38. The second-order valence-electron chi connectivity index (χ2n) is 2.69. The summed E-state index contributed by atoms with van der Waals surface area (Å²) < 4.78 is 0. The van der Waals surface area contributed by atoms with Crippen molar-refractivity contribution in [2.45, 2.75) is 34.6 Å². The molecule has 0 aromatic carbocycles. The SMILES string of the molecule is CC.CCN(CC)c1cncc(C)n1. The van der Waals surface area contributed by atoms with Gasteiger partial charge in [-0.05, 0) is 20.8 Å². The molecule has 14 heavy (non-hydrogen) atoms. The largest absolute Gasteiger partial charge is 0.356 e. The molecule has 0 bridgehead atoms. The van der Waals surface area contributed by atoms with E-state index in [-0.39, 0.29) is 0 Å². The highest BCUT2D eigenvalue weighted by Crippen LogP contribution is 2.07. The van der Waals surface area contributed by atoms with Crippen LogP contribution >= 0.6 is 0 Å². The first-order valence-electron chi connectivity index (χ1n) is 5.31. The summed E-state index contributed by atoms with van der Waals surface area (Å²) in [7, 11) is 0. The van der Waals surface area contributed by atoms with E-state index in [1.807, 2.05) is 20.8 Å². The molecule has 0 saturated carbocycles. The molecule has 1 heterocycles. The Morgan fingerprint density at radius 2 is 1.71 bits per heavy atom. The molecule has 3 heteroatoms. The van der Waals surface area contributed by atoms with Gasteiger partial charge in [-0.15, -0.1) is 0 Å². The molecule has 1 aromatic heterocycles. The van der Waals surface area contributed by atoms with Crippen LogP contribution in [0.3, 0.4) is 0 Å². The number of nitrogens with zero attached hydrogens (tertiary/aromatic N) is 3. The average Bonchev–Trinajstić information content (AvgIpc) is 2.23. The Morgan fingerprint density at radius 1 is 1.14 bits per heavy atom. The zero-order chi connectivity index (χ0) is 11.0. The van der Waals surface area contributed by atoms with E-state index in [9.17, 15) is 0 Å². The van der Waals surface area contributed by atoms with E-state index in [0.717, 1.165) is 24.6 Å². The standard InChI is InChI=1S/C9H15N3.C2H6/c1-4-12(5-2)9-7-10-6-8(3)11-9;1-2/h6-7H,4-5H2,1-3H3;1-2H3. The number of anilines is 1. The molecule has 0 fully saturated rings. The van der Waals surface area contributed by atoms with Gasteiger partial charge >= 0.3 is 0 Å². The summed E-state index contributed by atoms with van der Waals surface area (Å²) in [5, 5.41) is 0. The van der Waals surface area contributed by atoms with Crippen LogP contribution in [-0.2, 0) is 0 Å². The Labute approximate surface area is 87.2 Å². The first-order valence-corrected chi connectivity index (χ1v) is 5.31. The minimum Gasteiger partial charge on any atom is -0.356 e. The summed E-state index contributed by atoms with van der Waals surface area (Å²) in [4.78, 5) is 10.7. The second-order valence-corrected chi connectivity index (χ2v) is 2.69. The second kappa shape index (κ2) is 7.30. The van der Waals surface area contributed by atoms with E-state index in [1.54, 1.807) is 12.4 Å². The molecule has 0 N–H and O–H groups in total. The van der Waals surface area contributed by atoms with Gasteiger partial charge in [0.05, 0.1) is 11.9 Å². The number of aromatic nitrogens is 2. The molecule has 0 aliphatic rings. The zero-order valence-corrected chi connectivity index (χ0v) is 9.91. The van der Waals surface area contributed by atoms with Gasteiger partial charge in [-0.1, -0.05) is 13.8 Å². The van der Waals surface area contributed by atoms with Gasteiger partial charge in [0.2, 0.25) is 0 Å². The fraction of sp³-hybridized carbons (Fsp3) is 0.636. The highest BCUT2D eigenvalue weighted by atomic mass is 15.2. The molecule has 1 rings (SSSR count). The molecule has 0 aliphatic carbocycles. The van der Waals surface area contributed by atoms with E-state index in [1.165, 1.54) is 0 Å². The highest BCUT2D eigenvalue weighted by molar-refractivity contribution is 5.35. The van der Waals surface area contributed by atoms with Crippen LogP contribution in [0.4, 0.5) is 5.82 Å². The van der Waals surface area contributed by atoms with Crippen molar-refractivity contribution >= 4 is 5.82 Å². The topological polar surface area (TPSA) is 29.0 Å². The molecule has 0 spiro atoms. The molecule has 0 radical (unpaired) electrons. The van der Waals surface area contributed by atoms with Crippen molar-refractivity contribution in [2.24, 2.45) is 0 Å². The van der Waals surface area contributed by atoms with Crippen LogP contribution in [0.25, 0.3) is 0 Å². The predicted octanol–water partition coefficient (Wildman–Crippen LogP) is 2.66. The third-order valence-corrected chi connectivity index (χ3v) is 1.83. The fourth-order valence-corrected chi connectivity index (χ4v) is 1.15. The van der Waals surface area contributed by atoms with Crippen LogP contribution < -0.4 is 4.90 Å². The first kappa shape index (κ1) is 12.9. The summed E-state index contributed by atoms with van der Waals surface area (Å²) >= 11 is 0. The van der Waals surface area contributed by atoms with Crippen LogP contribution in [0.5, 0.6) is 0 Å². The summed E-state index contributed by atoms with van der Waals surface area (Å²) in [5.74, 6) is 0.972. The van der Waals surface area contributed by atoms with Crippen molar-refractivity contribution in [3.63, 3.8) is 0 Å². The van der Waals surface area contributed by atoms with Crippen LogP contribution in [0, 0.1) is 6.92 Å². The Bertz CT molecular complexity index is 244. The van der Waals surface area contributed by atoms with Crippen molar-refractivity contribution in [1.29, 1.82) is 0 Å². The smallest absolute Gasteiger partial charge is 0.147 e. The monoisotopic (exact) mass is 195 g/mol. The van der Waals surface area contributed by atoms with Gasteiger partial charge in [-0.3, -0.25) is 4.98 Å². The van der Waals surface area contributed by atoms with Gasteiger partial charge in [0.15, 0.2) is 0 Å². The Hall–Kier alpha value is -1.12. The molecular weight excluding hydrogens is 174 g/mol. The van der Waals surface area contributed by atoms with Crippen molar-refractivity contribution < 1.29 is 0 Å². The lowest BCUT2D eigenvalue weighted by atomic mass is 10.4. The van der Waals surface area contributed by atoms with Crippen molar-refractivity contribution in [1.82, 2.24) is 9.97 Å². The first-order chi connectivity index (χ1) is 6.77. The van der Waals surface area contributed by atoms with Crippen LogP contribution in [0.15, 0.2) is 12.4 Å². The minimum atomic E-state index is 0.972. The minimum absolute atomic E-state index is 0.972. The predicted molar refractivity (Wildman–Crippen MR) is 61.7 cm³/mol. The Balaban J connectivity index is 0.000000791. The molecular formula is C11H21N3. The molecule has 0 atom stereocenters. The van der Waals surface area contributed by atoms with Crippen molar-refractivity contribution in [2.75, 3.05) is 18.0 Å².